The minimum absolute atomic E-state index is 0.622. The molecule has 6 nitrogen and oxygen atoms in total. The summed E-state index contributed by atoms with van der Waals surface area (Å²) in [6.07, 6.45) is 6.59. The van der Waals surface area contributed by atoms with Crippen molar-refractivity contribution in [3.8, 4) is 0 Å². The molecule has 0 N–H and O–H groups in total. The van der Waals surface area contributed by atoms with Gasteiger partial charge in [-0.2, -0.15) is 0 Å². The van der Waals surface area contributed by atoms with Gasteiger partial charge in [-0.3, -0.25) is 19.9 Å². The van der Waals surface area contributed by atoms with Gasteiger partial charge in [0.15, 0.2) is 0 Å². The largest absolute Gasteiger partial charge is 0.251 e. The van der Waals surface area contributed by atoms with Crippen molar-refractivity contribution in [1.29, 1.82) is 0 Å². The highest BCUT2D eigenvalue weighted by molar-refractivity contribution is 9.09. The lowest BCUT2D eigenvalue weighted by Crippen LogP contribution is -2.02. The van der Waals surface area contributed by atoms with Crippen LogP contribution in [0.3, 0.4) is 0 Å². The first-order valence-corrected chi connectivity index (χ1v) is 8.72. The Labute approximate surface area is 141 Å². The molecule has 22 heavy (non-hydrogen) atoms. The average Bonchev–Trinajstić information content (AvgIpc) is 2.60. The van der Waals surface area contributed by atoms with Crippen LogP contribution in [0.25, 0.3) is 33.1 Å². The predicted molar refractivity (Wildman–Crippen MR) is 91.0 cm³/mol. The van der Waals surface area contributed by atoms with E-state index in [1.54, 1.807) is 24.8 Å². The van der Waals surface area contributed by atoms with E-state index in [9.17, 15) is 0 Å². The van der Waals surface area contributed by atoms with Gasteiger partial charge in [0, 0.05) is 35.4 Å². The third kappa shape index (κ3) is 1.98. The van der Waals surface area contributed by atoms with Gasteiger partial charge >= 0.3 is 0 Å². The Kier molecular flexibility index (Phi) is 3.42. The van der Waals surface area contributed by atoms with Crippen molar-refractivity contribution < 1.29 is 0 Å². The number of halogens is 2. The maximum atomic E-state index is 4.73. The van der Waals surface area contributed by atoms with Crippen LogP contribution in [0, 0.1) is 0 Å². The van der Waals surface area contributed by atoms with Crippen LogP contribution in [-0.4, -0.2) is 29.9 Å². The first-order chi connectivity index (χ1) is 10.8. The number of aromatic nitrogens is 6. The molecule has 0 spiro atoms. The Morgan fingerprint density at radius 1 is 0.545 bits per heavy atom. The van der Waals surface area contributed by atoms with E-state index in [-0.39, 0.29) is 0 Å². The van der Waals surface area contributed by atoms with Gasteiger partial charge in [0.25, 0.3) is 0 Å². The van der Waals surface area contributed by atoms with Crippen molar-refractivity contribution >= 4 is 65.0 Å². The number of nitrogens with zero attached hydrogens (tertiary/aromatic N) is 6. The quantitative estimate of drug-likeness (QED) is 0.366. The van der Waals surface area contributed by atoms with Crippen molar-refractivity contribution in [1.82, 2.24) is 29.9 Å². The first-order valence-electron chi connectivity index (χ1n) is 6.48. The summed E-state index contributed by atoms with van der Waals surface area (Å²) in [5.74, 6) is 0. The van der Waals surface area contributed by atoms with E-state index < -0.39 is 0 Å². The van der Waals surface area contributed by atoms with E-state index in [0.717, 1.165) is 11.4 Å². The number of rotatable bonds is 2. The predicted octanol–water partition coefficient (Wildman–Crippen LogP) is 3.31. The van der Waals surface area contributed by atoms with Crippen LogP contribution < -0.4 is 0 Å². The van der Waals surface area contributed by atoms with Gasteiger partial charge in [0.2, 0.25) is 0 Å². The van der Waals surface area contributed by atoms with Crippen LogP contribution in [0.4, 0.5) is 0 Å². The molecule has 0 aliphatic heterocycles. The molecule has 0 amide bonds. The molecule has 0 radical (unpaired) electrons. The van der Waals surface area contributed by atoms with Crippen LogP contribution in [-0.2, 0) is 10.7 Å². The van der Waals surface area contributed by atoms with Crippen LogP contribution in [0.15, 0.2) is 24.8 Å². The SMILES string of the molecule is BrCc1nc2c3nccnc3c3nccnc3c2nc1CBr. The Morgan fingerprint density at radius 3 is 1.18 bits per heavy atom. The standard InChI is InChI=1S/C14H8Br2N6/c15-5-7-8(6-16)22-14-12-10(18-2-4-20-12)9-11(13(14)21-7)19-3-1-17-9/h1-4H,5-6H2. The minimum Gasteiger partial charge on any atom is -0.251 e. The zero-order valence-electron chi connectivity index (χ0n) is 11.2. The Hall–Kier alpha value is -1.80. The van der Waals surface area contributed by atoms with Crippen LogP contribution >= 0.6 is 31.9 Å². The van der Waals surface area contributed by atoms with Crippen LogP contribution in [0.2, 0.25) is 0 Å². The fourth-order valence-electron chi connectivity index (χ4n) is 2.42. The number of alkyl halides is 2. The third-order valence-corrected chi connectivity index (χ3v) is 4.44. The van der Waals surface area contributed by atoms with Gasteiger partial charge in [-0.1, -0.05) is 31.9 Å². The van der Waals surface area contributed by atoms with E-state index in [0.29, 0.717) is 43.8 Å². The lowest BCUT2D eigenvalue weighted by molar-refractivity contribution is 1.08. The summed E-state index contributed by atoms with van der Waals surface area (Å²) >= 11 is 6.92. The summed E-state index contributed by atoms with van der Waals surface area (Å²) in [6.45, 7) is 0. The molecule has 0 aliphatic rings. The van der Waals surface area contributed by atoms with Gasteiger partial charge in [-0.15, -0.1) is 0 Å². The van der Waals surface area contributed by atoms with Crippen LogP contribution in [0.5, 0.6) is 0 Å². The van der Waals surface area contributed by atoms with Crippen molar-refractivity contribution in [3.05, 3.63) is 36.2 Å². The molecule has 4 aromatic rings. The molecule has 1 aromatic carbocycles. The van der Waals surface area contributed by atoms with Crippen molar-refractivity contribution in [2.24, 2.45) is 0 Å². The molecule has 0 aliphatic carbocycles. The molecule has 0 saturated heterocycles. The molecule has 0 unspecified atom stereocenters. The Bertz CT molecular complexity index is 938. The molecule has 3 aromatic heterocycles. The molecular formula is C14H8Br2N6. The van der Waals surface area contributed by atoms with Gasteiger partial charge < -0.3 is 0 Å². The highest BCUT2D eigenvalue weighted by Crippen LogP contribution is 2.29. The van der Waals surface area contributed by atoms with E-state index in [1.807, 2.05) is 0 Å². The van der Waals surface area contributed by atoms with Crippen LogP contribution in [0.1, 0.15) is 11.4 Å². The summed E-state index contributed by atoms with van der Waals surface area (Å²) in [5.41, 5.74) is 5.94. The van der Waals surface area contributed by atoms with Crippen molar-refractivity contribution in [3.63, 3.8) is 0 Å². The summed E-state index contributed by atoms with van der Waals surface area (Å²) in [4.78, 5) is 27.1. The first kappa shape index (κ1) is 13.8. The Morgan fingerprint density at radius 2 is 0.864 bits per heavy atom. The molecule has 0 atom stereocenters. The highest BCUT2D eigenvalue weighted by atomic mass is 79.9. The van der Waals surface area contributed by atoms with E-state index in [1.165, 1.54) is 0 Å². The van der Waals surface area contributed by atoms with E-state index >= 15 is 0 Å². The number of hydrogen-bond acceptors (Lipinski definition) is 6. The second-order valence-electron chi connectivity index (χ2n) is 4.59. The molecule has 8 heteroatoms. The molecular weight excluding hydrogens is 412 g/mol. The van der Waals surface area contributed by atoms with Crippen molar-refractivity contribution in [2.75, 3.05) is 0 Å². The molecule has 0 bridgehead atoms. The smallest absolute Gasteiger partial charge is 0.119 e. The molecule has 0 fully saturated rings. The van der Waals surface area contributed by atoms with Crippen molar-refractivity contribution in [2.45, 2.75) is 10.7 Å². The number of benzene rings is 1. The van der Waals surface area contributed by atoms with Gasteiger partial charge in [-0.25, -0.2) is 9.97 Å². The Balaban J connectivity index is 2.32. The summed E-state index contributed by atoms with van der Waals surface area (Å²) in [7, 11) is 0. The van der Waals surface area contributed by atoms with E-state index in [4.69, 9.17) is 9.97 Å². The zero-order chi connectivity index (χ0) is 15.1. The molecule has 4 rings (SSSR count). The zero-order valence-corrected chi connectivity index (χ0v) is 14.3. The lowest BCUT2D eigenvalue weighted by Gasteiger charge is -2.09. The van der Waals surface area contributed by atoms with Gasteiger partial charge in [-0.05, 0) is 0 Å². The maximum absolute atomic E-state index is 4.73. The summed E-state index contributed by atoms with van der Waals surface area (Å²) < 4.78 is 0. The fourth-order valence-corrected chi connectivity index (χ4v) is 3.32. The topological polar surface area (TPSA) is 77.3 Å². The maximum Gasteiger partial charge on any atom is 0.119 e. The third-order valence-electron chi connectivity index (χ3n) is 3.37. The number of fused-ring (bicyclic) bond motifs is 6. The number of hydrogen-bond donors (Lipinski definition) is 0. The summed E-state index contributed by atoms with van der Waals surface area (Å²) in [5, 5.41) is 1.24. The van der Waals surface area contributed by atoms with Gasteiger partial charge in [0.1, 0.15) is 33.1 Å². The molecule has 108 valence electrons. The summed E-state index contributed by atoms with van der Waals surface area (Å²) in [6, 6.07) is 0. The van der Waals surface area contributed by atoms with Gasteiger partial charge in [0.05, 0.1) is 11.4 Å². The fraction of sp³-hybridized carbons (Fsp3) is 0.143. The monoisotopic (exact) mass is 418 g/mol. The average molecular weight is 420 g/mol. The second kappa shape index (κ2) is 5.44. The normalized spacial score (nSPS) is 11.5. The molecule has 0 saturated carbocycles. The second-order valence-corrected chi connectivity index (χ2v) is 5.71. The minimum atomic E-state index is 0.622. The lowest BCUT2D eigenvalue weighted by atomic mass is 10.2. The molecule has 3 heterocycles. The van der Waals surface area contributed by atoms with E-state index in [2.05, 4.69) is 51.8 Å². The highest BCUT2D eigenvalue weighted by Gasteiger charge is 2.17.